The molecule has 0 aliphatic heterocycles. The molecular formula is C14H14N2O4. The molecule has 6 nitrogen and oxygen atoms in total. The lowest BCUT2D eigenvalue weighted by atomic mass is 10.1. The Balaban J connectivity index is 2.85. The lowest BCUT2D eigenvalue weighted by Crippen LogP contribution is -2.14. The Labute approximate surface area is 114 Å². The fraction of sp³-hybridized carbons (Fsp3) is 0.286. The number of aromatic amines is 2. The summed E-state index contributed by atoms with van der Waals surface area (Å²) >= 11 is 0. The van der Waals surface area contributed by atoms with Crippen molar-refractivity contribution < 1.29 is 15.0 Å². The topological polar surface area (TPSA) is 106 Å². The number of aromatic nitrogens is 2. The Kier molecular flexibility index (Phi) is 3.16. The van der Waals surface area contributed by atoms with Crippen LogP contribution < -0.4 is 5.56 Å². The first-order valence-corrected chi connectivity index (χ1v) is 5.93. The number of fused-ring (bicyclic) bond motifs is 1. The molecule has 6 heteroatoms. The third-order valence-corrected chi connectivity index (χ3v) is 2.75. The molecule has 0 radical (unpaired) electrons. The summed E-state index contributed by atoms with van der Waals surface area (Å²) in [6, 6.07) is 0. The van der Waals surface area contributed by atoms with Gasteiger partial charge in [0, 0.05) is 17.3 Å². The van der Waals surface area contributed by atoms with Crippen LogP contribution in [0.25, 0.3) is 10.9 Å². The molecule has 0 saturated heterocycles. The first kappa shape index (κ1) is 13.9. The standard InChI is InChI=1S/C14H14N2O4/c1-7-9(13(18)19)10-8(4-5-14(2,3)20)6-15-12(17)11(10)16-7/h6,16,20H,1-3H3,(H,15,17)(H,18,19). The molecule has 0 aliphatic carbocycles. The molecule has 0 spiro atoms. The van der Waals surface area contributed by atoms with E-state index in [4.69, 9.17) is 0 Å². The molecule has 104 valence electrons. The molecule has 0 aliphatic rings. The van der Waals surface area contributed by atoms with Crippen LogP contribution in [0.4, 0.5) is 0 Å². The van der Waals surface area contributed by atoms with Crippen LogP contribution in [-0.2, 0) is 0 Å². The largest absolute Gasteiger partial charge is 0.478 e. The molecule has 0 unspecified atom stereocenters. The van der Waals surface area contributed by atoms with Crippen molar-refractivity contribution in [1.82, 2.24) is 9.97 Å². The second-order valence-electron chi connectivity index (χ2n) is 5.02. The van der Waals surface area contributed by atoms with Gasteiger partial charge >= 0.3 is 5.97 Å². The molecule has 0 fully saturated rings. The average Bonchev–Trinajstić information content (AvgIpc) is 2.65. The molecule has 0 aromatic carbocycles. The molecule has 4 N–H and O–H groups in total. The van der Waals surface area contributed by atoms with E-state index in [1.54, 1.807) is 6.92 Å². The smallest absolute Gasteiger partial charge is 0.338 e. The van der Waals surface area contributed by atoms with Gasteiger partial charge < -0.3 is 20.2 Å². The molecule has 2 rings (SSSR count). The van der Waals surface area contributed by atoms with E-state index in [1.807, 2.05) is 0 Å². The van der Waals surface area contributed by atoms with Crippen molar-refractivity contribution in [3.63, 3.8) is 0 Å². The van der Waals surface area contributed by atoms with Gasteiger partial charge in [-0.05, 0) is 20.8 Å². The Morgan fingerprint density at radius 2 is 2.05 bits per heavy atom. The highest BCUT2D eigenvalue weighted by atomic mass is 16.4. The fourth-order valence-corrected chi connectivity index (χ4v) is 1.93. The van der Waals surface area contributed by atoms with Gasteiger partial charge in [-0.2, -0.15) is 0 Å². The van der Waals surface area contributed by atoms with Crippen LogP contribution in [0.2, 0.25) is 0 Å². The summed E-state index contributed by atoms with van der Waals surface area (Å²) < 4.78 is 0. The lowest BCUT2D eigenvalue weighted by molar-refractivity contribution is 0.0698. The minimum atomic E-state index is -1.21. The third-order valence-electron chi connectivity index (χ3n) is 2.75. The van der Waals surface area contributed by atoms with Gasteiger partial charge in [-0.1, -0.05) is 11.8 Å². The van der Waals surface area contributed by atoms with Crippen molar-refractivity contribution in [3.8, 4) is 11.8 Å². The lowest BCUT2D eigenvalue weighted by Gasteiger charge is -2.06. The number of nitrogens with one attached hydrogen (secondary N) is 2. The Hall–Kier alpha value is -2.52. The second-order valence-corrected chi connectivity index (χ2v) is 5.02. The van der Waals surface area contributed by atoms with Crippen LogP contribution in [0.15, 0.2) is 11.0 Å². The first-order chi connectivity index (χ1) is 9.20. The third kappa shape index (κ3) is 2.44. The molecule has 0 atom stereocenters. The van der Waals surface area contributed by atoms with E-state index in [9.17, 15) is 19.8 Å². The van der Waals surface area contributed by atoms with Crippen LogP contribution in [-0.4, -0.2) is 31.8 Å². The number of pyridine rings is 1. The Morgan fingerprint density at radius 1 is 1.40 bits per heavy atom. The van der Waals surface area contributed by atoms with Gasteiger partial charge in [0.05, 0.1) is 11.1 Å². The summed E-state index contributed by atoms with van der Waals surface area (Å²) in [4.78, 5) is 28.3. The maximum Gasteiger partial charge on any atom is 0.338 e. The normalized spacial score (nSPS) is 11.2. The van der Waals surface area contributed by atoms with E-state index in [-0.39, 0.29) is 16.5 Å². The summed E-state index contributed by atoms with van der Waals surface area (Å²) in [7, 11) is 0. The molecule has 0 amide bonds. The maximum atomic E-state index is 11.7. The van der Waals surface area contributed by atoms with Crippen molar-refractivity contribution in [2.45, 2.75) is 26.4 Å². The zero-order valence-electron chi connectivity index (χ0n) is 11.3. The highest BCUT2D eigenvalue weighted by molar-refractivity contribution is 6.06. The van der Waals surface area contributed by atoms with E-state index in [1.165, 1.54) is 20.0 Å². The summed E-state index contributed by atoms with van der Waals surface area (Å²) in [6.45, 7) is 4.61. The minimum Gasteiger partial charge on any atom is -0.478 e. The number of hydrogen-bond acceptors (Lipinski definition) is 3. The second kappa shape index (κ2) is 4.54. The van der Waals surface area contributed by atoms with Crippen molar-refractivity contribution >= 4 is 16.9 Å². The first-order valence-electron chi connectivity index (χ1n) is 5.93. The highest BCUT2D eigenvalue weighted by Crippen LogP contribution is 2.22. The van der Waals surface area contributed by atoms with Gasteiger partial charge in [-0.3, -0.25) is 4.79 Å². The number of rotatable bonds is 1. The summed E-state index contributed by atoms with van der Waals surface area (Å²) in [6.07, 6.45) is 1.35. The zero-order valence-corrected chi connectivity index (χ0v) is 11.3. The summed E-state index contributed by atoms with van der Waals surface area (Å²) in [5.41, 5.74) is -0.700. The Morgan fingerprint density at radius 3 is 2.60 bits per heavy atom. The molecule has 0 bridgehead atoms. The minimum absolute atomic E-state index is 0.0196. The number of aromatic carboxylic acids is 1. The predicted molar refractivity (Wildman–Crippen MR) is 73.8 cm³/mol. The van der Waals surface area contributed by atoms with E-state index in [0.717, 1.165) is 0 Å². The highest BCUT2D eigenvalue weighted by Gasteiger charge is 2.19. The molecule has 2 aromatic heterocycles. The van der Waals surface area contributed by atoms with E-state index in [0.29, 0.717) is 11.3 Å². The fourth-order valence-electron chi connectivity index (χ4n) is 1.93. The van der Waals surface area contributed by atoms with Crippen LogP contribution in [0.5, 0.6) is 0 Å². The average molecular weight is 274 g/mol. The molecule has 20 heavy (non-hydrogen) atoms. The van der Waals surface area contributed by atoms with E-state index >= 15 is 0 Å². The zero-order chi connectivity index (χ0) is 15.1. The number of aryl methyl sites for hydroxylation is 1. The van der Waals surface area contributed by atoms with Gasteiger partial charge in [-0.15, -0.1) is 0 Å². The van der Waals surface area contributed by atoms with E-state index < -0.39 is 17.1 Å². The molecular weight excluding hydrogens is 260 g/mol. The van der Waals surface area contributed by atoms with Gasteiger partial charge in [0.2, 0.25) is 0 Å². The van der Waals surface area contributed by atoms with Gasteiger partial charge in [0.1, 0.15) is 11.1 Å². The Bertz CT molecular complexity index is 810. The molecule has 2 aromatic rings. The predicted octanol–water partition coefficient (Wildman–Crippen LogP) is 0.985. The van der Waals surface area contributed by atoms with Crippen molar-refractivity contribution in [2.24, 2.45) is 0 Å². The summed E-state index contributed by atoms with van der Waals surface area (Å²) in [5.74, 6) is 4.18. The number of H-pyrrole nitrogens is 2. The van der Waals surface area contributed by atoms with Gasteiger partial charge in [-0.25, -0.2) is 4.79 Å². The number of carboxylic acids is 1. The quantitative estimate of drug-likeness (QED) is 0.582. The number of hydrogen-bond donors (Lipinski definition) is 4. The number of aliphatic hydroxyl groups is 1. The van der Waals surface area contributed by atoms with Crippen LogP contribution >= 0.6 is 0 Å². The van der Waals surface area contributed by atoms with E-state index in [2.05, 4.69) is 21.8 Å². The summed E-state index contributed by atoms with van der Waals surface area (Å²) in [5, 5.41) is 19.1. The van der Waals surface area contributed by atoms with Gasteiger partial charge in [0.15, 0.2) is 0 Å². The maximum absolute atomic E-state index is 11.7. The number of carboxylic acid groups (broad SMARTS) is 1. The van der Waals surface area contributed by atoms with Crippen molar-refractivity contribution in [2.75, 3.05) is 0 Å². The van der Waals surface area contributed by atoms with Crippen LogP contribution in [0.1, 0.15) is 35.5 Å². The molecule has 0 saturated carbocycles. The van der Waals surface area contributed by atoms with Crippen LogP contribution in [0.3, 0.4) is 0 Å². The van der Waals surface area contributed by atoms with Crippen LogP contribution in [0, 0.1) is 18.8 Å². The monoisotopic (exact) mass is 274 g/mol. The van der Waals surface area contributed by atoms with Crippen molar-refractivity contribution in [3.05, 3.63) is 33.4 Å². The SMILES string of the molecule is Cc1[nH]c2c(=O)[nH]cc(C#CC(C)(C)O)c2c1C(=O)O. The number of carbonyl (C=O) groups is 1. The van der Waals surface area contributed by atoms with Crippen molar-refractivity contribution in [1.29, 1.82) is 0 Å². The van der Waals surface area contributed by atoms with Gasteiger partial charge in [0.25, 0.3) is 5.56 Å². The molecule has 2 heterocycles.